The first-order valence-electron chi connectivity index (χ1n) is 5.49. The molecule has 0 bridgehead atoms. The second-order valence-corrected chi connectivity index (χ2v) is 4.44. The number of likely N-dealkylation sites (N-methyl/N-ethyl adjacent to an activating group) is 1. The van der Waals surface area contributed by atoms with Gasteiger partial charge in [0.25, 0.3) is 0 Å². The van der Waals surface area contributed by atoms with E-state index in [1.54, 1.807) is 4.90 Å². The maximum atomic E-state index is 13.3. The van der Waals surface area contributed by atoms with Gasteiger partial charge in [0.05, 0.1) is 6.54 Å². The van der Waals surface area contributed by atoms with Gasteiger partial charge in [-0.2, -0.15) is 0 Å². The molecule has 2 aliphatic rings. The fourth-order valence-corrected chi connectivity index (χ4v) is 2.10. The summed E-state index contributed by atoms with van der Waals surface area (Å²) in [6.45, 7) is 2.60. The van der Waals surface area contributed by atoms with E-state index in [0.29, 0.717) is 18.2 Å². The predicted molar refractivity (Wildman–Crippen MR) is 55.3 cm³/mol. The monoisotopic (exact) mass is 229 g/mol. The van der Waals surface area contributed by atoms with Crippen LogP contribution in [0, 0.1) is 0 Å². The van der Waals surface area contributed by atoms with Crippen LogP contribution in [-0.2, 0) is 9.59 Å². The normalized spacial score (nSPS) is 28.8. The number of rotatable bonds is 1. The van der Waals surface area contributed by atoms with Gasteiger partial charge in [0.1, 0.15) is 6.04 Å². The standard InChI is InChI=1S/C10H16FN3O2/c1-12-2-4-13(5-3-12)10(16)9-6-8(15)7-14(9)11/h9H,2-7H2,1H3. The van der Waals surface area contributed by atoms with Crippen LogP contribution in [0.3, 0.4) is 0 Å². The lowest BCUT2D eigenvalue weighted by atomic mass is 10.2. The highest BCUT2D eigenvalue weighted by molar-refractivity contribution is 5.93. The molecule has 2 fully saturated rings. The number of ketones is 1. The zero-order valence-electron chi connectivity index (χ0n) is 9.36. The van der Waals surface area contributed by atoms with Gasteiger partial charge in [0.15, 0.2) is 5.78 Å². The Morgan fingerprint density at radius 2 is 1.94 bits per heavy atom. The van der Waals surface area contributed by atoms with Crippen molar-refractivity contribution in [2.24, 2.45) is 0 Å². The van der Waals surface area contributed by atoms with Crippen LogP contribution < -0.4 is 0 Å². The summed E-state index contributed by atoms with van der Waals surface area (Å²) < 4.78 is 13.3. The zero-order valence-corrected chi connectivity index (χ0v) is 9.36. The van der Waals surface area contributed by atoms with Gasteiger partial charge in [-0.1, -0.05) is 0 Å². The summed E-state index contributed by atoms with van der Waals surface area (Å²) in [5.41, 5.74) is 0. The molecule has 0 N–H and O–H groups in total. The molecule has 0 saturated carbocycles. The Balaban J connectivity index is 1.94. The molecular weight excluding hydrogens is 213 g/mol. The summed E-state index contributed by atoms with van der Waals surface area (Å²) in [4.78, 5) is 26.7. The quantitative estimate of drug-likeness (QED) is 0.557. The minimum absolute atomic E-state index is 0.0155. The summed E-state index contributed by atoms with van der Waals surface area (Å²) in [6, 6.07) is -0.879. The van der Waals surface area contributed by atoms with Crippen molar-refractivity contribution < 1.29 is 14.1 Å². The van der Waals surface area contributed by atoms with Crippen LogP contribution in [0.2, 0.25) is 0 Å². The summed E-state index contributed by atoms with van der Waals surface area (Å²) in [7, 11) is 1.99. The summed E-state index contributed by atoms with van der Waals surface area (Å²) in [5.74, 6) is -0.448. The van der Waals surface area contributed by atoms with Crippen molar-refractivity contribution in [3.05, 3.63) is 0 Å². The van der Waals surface area contributed by atoms with Crippen LogP contribution in [0.25, 0.3) is 0 Å². The lowest BCUT2D eigenvalue weighted by Gasteiger charge is -2.34. The summed E-state index contributed by atoms with van der Waals surface area (Å²) in [5, 5.41) is 0.364. The molecule has 1 atom stereocenters. The number of hydrogen-bond acceptors (Lipinski definition) is 4. The molecule has 0 spiro atoms. The number of amides is 1. The number of nitrogens with zero attached hydrogens (tertiary/aromatic N) is 3. The predicted octanol–water partition coefficient (Wildman–Crippen LogP) is -0.712. The first-order chi connectivity index (χ1) is 7.58. The molecule has 2 heterocycles. The van der Waals surface area contributed by atoms with Crippen molar-refractivity contribution in [1.29, 1.82) is 0 Å². The van der Waals surface area contributed by atoms with E-state index in [0.717, 1.165) is 13.1 Å². The van der Waals surface area contributed by atoms with Crippen LogP contribution in [-0.4, -0.2) is 72.4 Å². The van der Waals surface area contributed by atoms with Gasteiger partial charge in [-0.05, 0) is 7.05 Å². The molecule has 2 rings (SSSR count). The Morgan fingerprint density at radius 1 is 1.31 bits per heavy atom. The van der Waals surface area contributed by atoms with Gasteiger partial charge in [-0.3, -0.25) is 9.59 Å². The molecule has 90 valence electrons. The summed E-state index contributed by atoms with van der Waals surface area (Å²) >= 11 is 0. The molecule has 5 nitrogen and oxygen atoms in total. The van der Waals surface area contributed by atoms with Crippen LogP contribution in [0.5, 0.6) is 0 Å². The van der Waals surface area contributed by atoms with E-state index in [-0.39, 0.29) is 24.7 Å². The fourth-order valence-electron chi connectivity index (χ4n) is 2.10. The van der Waals surface area contributed by atoms with Crippen molar-refractivity contribution in [3.63, 3.8) is 0 Å². The van der Waals surface area contributed by atoms with E-state index < -0.39 is 6.04 Å². The third-order valence-corrected chi connectivity index (χ3v) is 3.19. The number of carbonyl (C=O) groups is 2. The van der Waals surface area contributed by atoms with Gasteiger partial charge in [-0.15, -0.1) is 9.60 Å². The Kier molecular flexibility index (Phi) is 3.20. The van der Waals surface area contributed by atoms with Gasteiger partial charge < -0.3 is 9.80 Å². The molecule has 0 aromatic carbocycles. The minimum Gasteiger partial charge on any atom is -0.339 e. The fraction of sp³-hybridized carbons (Fsp3) is 0.800. The SMILES string of the molecule is CN1CCN(C(=O)C2CC(=O)CN2F)CC1. The smallest absolute Gasteiger partial charge is 0.243 e. The molecule has 2 saturated heterocycles. The molecule has 0 aromatic heterocycles. The van der Waals surface area contributed by atoms with Crippen molar-refractivity contribution in [3.8, 4) is 0 Å². The molecule has 2 aliphatic heterocycles. The van der Waals surface area contributed by atoms with Gasteiger partial charge >= 0.3 is 0 Å². The minimum atomic E-state index is -0.879. The van der Waals surface area contributed by atoms with Crippen molar-refractivity contribution in [2.75, 3.05) is 39.8 Å². The molecular formula is C10H16FN3O2. The van der Waals surface area contributed by atoms with E-state index in [9.17, 15) is 14.1 Å². The second-order valence-electron chi connectivity index (χ2n) is 4.44. The third kappa shape index (κ3) is 2.22. The lowest BCUT2D eigenvalue weighted by Crippen LogP contribution is -2.51. The van der Waals surface area contributed by atoms with E-state index >= 15 is 0 Å². The van der Waals surface area contributed by atoms with E-state index in [1.807, 2.05) is 7.05 Å². The second kappa shape index (κ2) is 4.47. The van der Waals surface area contributed by atoms with Crippen molar-refractivity contribution >= 4 is 11.7 Å². The van der Waals surface area contributed by atoms with E-state index in [2.05, 4.69) is 4.90 Å². The van der Waals surface area contributed by atoms with E-state index in [4.69, 9.17) is 0 Å². The maximum Gasteiger partial charge on any atom is 0.243 e. The highest BCUT2D eigenvalue weighted by Crippen LogP contribution is 2.17. The molecule has 0 aliphatic carbocycles. The molecule has 6 heteroatoms. The Bertz CT molecular complexity index is 302. The Hall–Kier alpha value is -1.01. The van der Waals surface area contributed by atoms with Crippen LogP contribution >= 0.6 is 0 Å². The lowest BCUT2D eigenvalue weighted by molar-refractivity contribution is -0.143. The largest absolute Gasteiger partial charge is 0.339 e. The highest BCUT2D eigenvalue weighted by Gasteiger charge is 2.39. The Morgan fingerprint density at radius 3 is 2.44 bits per heavy atom. The molecule has 1 unspecified atom stereocenters. The number of hydrogen-bond donors (Lipinski definition) is 0. The van der Waals surface area contributed by atoms with Gasteiger partial charge in [-0.25, -0.2) is 0 Å². The maximum absolute atomic E-state index is 13.3. The first-order valence-corrected chi connectivity index (χ1v) is 5.49. The number of carbonyl (C=O) groups excluding carboxylic acids is 2. The van der Waals surface area contributed by atoms with Crippen LogP contribution in [0.4, 0.5) is 4.48 Å². The van der Waals surface area contributed by atoms with Crippen LogP contribution in [0.1, 0.15) is 6.42 Å². The van der Waals surface area contributed by atoms with Crippen LogP contribution in [0.15, 0.2) is 0 Å². The van der Waals surface area contributed by atoms with Gasteiger partial charge in [0.2, 0.25) is 5.91 Å². The summed E-state index contributed by atoms with van der Waals surface area (Å²) in [6.07, 6.45) is 0.0155. The van der Waals surface area contributed by atoms with E-state index in [1.165, 1.54) is 0 Å². The number of halogens is 1. The molecule has 1 amide bonds. The average molecular weight is 229 g/mol. The Labute approximate surface area is 93.7 Å². The topological polar surface area (TPSA) is 43.9 Å². The average Bonchev–Trinajstić information content (AvgIpc) is 2.58. The molecule has 16 heavy (non-hydrogen) atoms. The number of Topliss-reactive ketones (excluding diaryl/α,β-unsaturated/α-hetero) is 1. The molecule has 0 aromatic rings. The zero-order chi connectivity index (χ0) is 11.7. The third-order valence-electron chi connectivity index (χ3n) is 3.19. The van der Waals surface area contributed by atoms with Crippen molar-refractivity contribution in [2.45, 2.75) is 12.5 Å². The molecule has 0 radical (unpaired) electrons. The highest BCUT2D eigenvalue weighted by atomic mass is 19.2. The van der Waals surface area contributed by atoms with Gasteiger partial charge in [0, 0.05) is 32.6 Å². The first kappa shape index (κ1) is 11.5. The number of piperazine rings is 1. The van der Waals surface area contributed by atoms with Crippen molar-refractivity contribution in [1.82, 2.24) is 14.9 Å².